The van der Waals surface area contributed by atoms with Crippen molar-refractivity contribution in [2.75, 3.05) is 7.11 Å². The molecular weight excluding hydrogens is 158 g/mol. The summed E-state index contributed by atoms with van der Waals surface area (Å²) in [5.74, 6) is -0.503. The molecule has 0 saturated heterocycles. The first kappa shape index (κ1) is 10.6. The summed E-state index contributed by atoms with van der Waals surface area (Å²) < 4.78 is 4.39. The number of rotatable bonds is 4. The first-order valence-corrected chi connectivity index (χ1v) is 3.40. The lowest BCUT2D eigenvalue weighted by Crippen LogP contribution is -2.32. The van der Waals surface area contributed by atoms with Crippen molar-refractivity contribution in [3.8, 4) is 0 Å². The van der Waals surface area contributed by atoms with Gasteiger partial charge in [-0.1, -0.05) is 0 Å². The first-order valence-electron chi connectivity index (χ1n) is 3.40. The summed E-state index contributed by atoms with van der Waals surface area (Å²) in [7, 11) is 1.26. The maximum Gasteiger partial charge on any atom is 0.323 e. The number of methoxy groups -OCH3 is 1. The molecule has 0 unspecified atom stereocenters. The Balaban J connectivity index is 3.99. The van der Waals surface area contributed by atoms with E-state index < -0.39 is 12.0 Å². The van der Waals surface area contributed by atoms with Gasteiger partial charge in [-0.25, -0.2) is 0 Å². The van der Waals surface area contributed by atoms with Crippen molar-refractivity contribution in [1.82, 2.24) is 0 Å². The Morgan fingerprint density at radius 1 is 1.75 bits per heavy atom. The van der Waals surface area contributed by atoms with E-state index in [9.17, 15) is 4.79 Å². The molecule has 1 atom stereocenters. The Labute approximate surface area is 70.9 Å². The van der Waals surface area contributed by atoms with E-state index in [4.69, 9.17) is 16.9 Å². The molecule has 0 rings (SSSR count). The Morgan fingerprint density at radius 2 is 2.33 bits per heavy atom. The Morgan fingerprint density at radius 3 is 2.75 bits per heavy atom. The van der Waals surface area contributed by atoms with Gasteiger partial charge < -0.3 is 21.6 Å². The van der Waals surface area contributed by atoms with Crippen LogP contribution in [0.2, 0.25) is 0 Å². The highest BCUT2D eigenvalue weighted by atomic mass is 16.5. The Kier molecular flexibility index (Phi) is 4.71. The fraction of sp³-hybridized carbons (Fsp3) is 0.429. The summed E-state index contributed by atoms with van der Waals surface area (Å²) in [6.07, 6.45) is 2.63. The topological polar surface area (TPSA) is 102 Å². The van der Waals surface area contributed by atoms with E-state index in [-0.39, 0.29) is 6.42 Å². The van der Waals surface area contributed by atoms with Crippen LogP contribution in [0.4, 0.5) is 0 Å². The molecule has 0 aromatic heterocycles. The van der Waals surface area contributed by atoms with E-state index in [0.717, 1.165) is 6.21 Å². The van der Waals surface area contributed by atoms with Gasteiger partial charge in [0.1, 0.15) is 6.04 Å². The minimum Gasteiger partial charge on any atom is -0.468 e. The number of nitrogens with one attached hydrogen (secondary N) is 1. The molecule has 0 aliphatic rings. The minimum atomic E-state index is -0.744. The largest absolute Gasteiger partial charge is 0.468 e. The molecule has 0 aliphatic carbocycles. The van der Waals surface area contributed by atoms with Crippen molar-refractivity contribution in [2.45, 2.75) is 12.5 Å². The van der Waals surface area contributed by atoms with Crippen LogP contribution >= 0.6 is 0 Å². The zero-order chi connectivity index (χ0) is 9.56. The lowest BCUT2D eigenvalue weighted by atomic mass is 10.2. The van der Waals surface area contributed by atoms with Crippen LogP contribution in [0.25, 0.3) is 0 Å². The zero-order valence-electron chi connectivity index (χ0n) is 6.91. The lowest BCUT2D eigenvalue weighted by Gasteiger charge is -2.07. The molecule has 0 fully saturated rings. The summed E-state index contributed by atoms with van der Waals surface area (Å²) in [5, 5.41) is 6.69. The SMILES string of the molecule is COC(=O)[C@H](N)C/C(N)=C/C=N. The fourth-order valence-electron chi connectivity index (χ4n) is 0.664. The average molecular weight is 171 g/mol. The van der Waals surface area contributed by atoms with Crippen LogP contribution in [0, 0.1) is 5.41 Å². The van der Waals surface area contributed by atoms with Gasteiger partial charge >= 0.3 is 5.97 Å². The van der Waals surface area contributed by atoms with Gasteiger partial charge in [-0.15, -0.1) is 0 Å². The third-order valence-corrected chi connectivity index (χ3v) is 1.26. The maximum atomic E-state index is 10.8. The number of esters is 1. The summed E-state index contributed by atoms with van der Waals surface area (Å²) in [4.78, 5) is 10.8. The molecule has 12 heavy (non-hydrogen) atoms. The highest BCUT2D eigenvalue weighted by Crippen LogP contribution is 1.97. The van der Waals surface area contributed by atoms with E-state index in [0.29, 0.717) is 5.70 Å². The molecule has 0 bridgehead atoms. The molecule has 0 aromatic carbocycles. The molecule has 0 aliphatic heterocycles. The summed E-state index contributed by atoms with van der Waals surface area (Å²) in [6, 6.07) is -0.744. The van der Waals surface area contributed by atoms with Crippen molar-refractivity contribution in [1.29, 1.82) is 5.41 Å². The lowest BCUT2D eigenvalue weighted by molar-refractivity contribution is -0.142. The Bertz CT molecular complexity index is 201. The normalized spacial score (nSPS) is 13.7. The van der Waals surface area contributed by atoms with Crippen LogP contribution in [0.15, 0.2) is 11.8 Å². The van der Waals surface area contributed by atoms with E-state index >= 15 is 0 Å². The molecule has 0 heterocycles. The monoisotopic (exact) mass is 171 g/mol. The predicted octanol–water partition coefficient (Wildman–Crippen LogP) is -0.631. The average Bonchev–Trinajstić information content (AvgIpc) is 2.03. The quantitative estimate of drug-likeness (QED) is 0.387. The third kappa shape index (κ3) is 3.72. The molecule has 0 aromatic rings. The van der Waals surface area contributed by atoms with Crippen LogP contribution in [-0.2, 0) is 9.53 Å². The predicted molar refractivity (Wildman–Crippen MR) is 45.7 cm³/mol. The van der Waals surface area contributed by atoms with Crippen molar-refractivity contribution in [3.05, 3.63) is 11.8 Å². The van der Waals surface area contributed by atoms with Crippen LogP contribution in [0.5, 0.6) is 0 Å². The zero-order valence-corrected chi connectivity index (χ0v) is 6.91. The third-order valence-electron chi connectivity index (χ3n) is 1.26. The van der Waals surface area contributed by atoms with Gasteiger partial charge in [0.15, 0.2) is 0 Å². The van der Waals surface area contributed by atoms with Gasteiger partial charge in [0.25, 0.3) is 0 Å². The molecule has 0 amide bonds. The van der Waals surface area contributed by atoms with Gasteiger partial charge in [0, 0.05) is 18.3 Å². The standard InChI is InChI=1S/C7H13N3O2/c1-12-7(11)6(10)4-5(9)2-3-8/h2-3,6,8H,4,9-10H2,1H3/b5-2-,8-3?/t6-/m1/s1. The van der Waals surface area contributed by atoms with Crippen LogP contribution in [0.3, 0.4) is 0 Å². The second-order valence-corrected chi connectivity index (χ2v) is 2.24. The second-order valence-electron chi connectivity index (χ2n) is 2.24. The van der Waals surface area contributed by atoms with E-state index in [1.165, 1.54) is 13.2 Å². The number of hydrogen-bond donors (Lipinski definition) is 3. The molecular formula is C7H13N3O2. The molecule has 5 heteroatoms. The van der Waals surface area contributed by atoms with Gasteiger partial charge in [0.05, 0.1) is 7.11 Å². The summed E-state index contributed by atoms with van der Waals surface area (Å²) in [5.41, 5.74) is 11.2. The number of allylic oxidation sites excluding steroid dienone is 1. The number of hydrogen-bond acceptors (Lipinski definition) is 5. The molecule has 0 radical (unpaired) electrons. The van der Waals surface area contributed by atoms with Crippen molar-refractivity contribution < 1.29 is 9.53 Å². The number of carbonyl (C=O) groups excluding carboxylic acids is 1. The fourth-order valence-corrected chi connectivity index (χ4v) is 0.664. The first-order chi connectivity index (χ1) is 5.61. The number of ether oxygens (including phenoxy) is 1. The molecule has 5 N–H and O–H groups in total. The van der Waals surface area contributed by atoms with Gasteiger partial charge in [0.2, 0.25) is 0 Å². The molecule has 5 nitrogen and oxygen atoms in total. The van der Waals surface area contributed by atoms with Gasteiger partial charge in [-0.3, -0.25) is 4.79 Å². The smallest absolute Gasteiger partial charge is 0.323 e. The van der Waals surface area contributed by atoms with Crippen molar-refractivity contribution in [2.24, 2.45) is 11.5 Å². The molecule has 0 spiro atoms. The van der Waals surface area contributed by atoms with E-state index in [1.807, 2.05) is 0 Å². The summed E-state index contributed by atoms with van der Waals surface area (Å²) >= 11 is 0. The highest BCUT2D eigenvalue weighted by molar-refractivity contribution is 5.76. The maximum absolute atomic E-state index is 10.8. The Hall–Kier alpha value is -1.36. The van der Waals surface area contributed by atoms with Crippen molar-refractivity contribution >= 4 is 12.2 Å². The van der Waals surface area contributed by atoms with Gasteiger partial charge in [-0.05, 0) is 6.08 Å². The van der Waals surface area contributed by atoms with Crippen LogP contribution < -0.4 is 11.5 Å². The molecule has 68 valence electrons. The highest BCUT2D eigenvalue weighted by Gasteiger charge is 2.13. The number of nitrogens with two attached hydrogens (primary N) is 2. The molecule has 0 saturated carbocycles. The van der Waals surface area contributed by atoms with Crippen LogP contribution in [0.1, 0.15) is 6.42 Å². The van der Waals surface area contributed by atoms with E-state index in [2.05, 4.69) is 4.74 Å². The summed E-state index contributed by atoms with van der Waals surface area (Å²) in [6.45, 7) is 0. The van der Waals surface area contributed by atoms with Gasteiger partial charge in [-0.2, -0.15) is 0 Å². The van der Waals surface area contributed by atoms with Crippen molar-refractivity contribution in [3.63, 3.8) is 0 Å². The minimum absolute atomic E-state index is 0.210. The number of carbonyl (C=O) groups is 1. The second kappa shape index (κ2) is 5.31. The van der Waals surface area contributed by atoms with Crippen LogP contribution in [-0.4, -0.2) is 25.3 Å². The van der Waals surface area contributed by atoms with E-state index in [1.54, 1.807) is 0 Å².